The lowest BCUT2D eigenvalue weighted by Gasteiger charge is -2.26. The zero-order chi connectivity index (χ0) is 35.8. The van der Waals surface area contributed by atoms with E-state index in [0.717, 1.165) is 31.4 Å². The van der Waals surface area contributed by atoms with Crippen LogP contribution < -0.4 is 14.4 Å². The predicted octanol–water partition coefficient (Wildman–Crippen LogP) is 5.40. The van der Waals surface area contributed by atoms with Crippen LogP contribution in [0.2, 0.25) is 0 Å². The van der Waals surface area contributed by atoms with Crippen molar-refractivity contribution in [2.24, 2.45) is 0 Å². The Labute approximate surface area is 297 Å². The molecule has 0 radical (unpaired) electrons. The second kappa shape index (κ2) is 31.1. The van der Waals surface area contributed by atoms with Crippen molar-refractivity contribution in [1.82, 2.24) is 0 Å². The van der Waals surface area contributed by atoms with Crippen LogP contribution in [0.4, 0.5) is 11.4 Å². The molecule has 0 atom stereocenters. The molecule has 49 heavy (non-hydrogen) atoms. The third kappa shape index (κ3) is 25.8. The van der Waals surface area contributed by atoms with E-state index in [1.54, 1.807) is 6.07 Å². The lowest BCUT2D eigenvalue weighted by molar-refractivity contribution is 0.00866. The third-order valence-electron chi connectivity index (χ3n) is 7.53. The summed E-state index contributed by atoms with van der Waals surface area (Å²) in [5, 5.41) is 17.6. The summed E-state index contributed by atoms with van der Waals surface area (Å²) in [6, 6.07) is 5.57. The van der Waals surface area contributed by atoms with Gasteiger partial charge in [-0.25, -0.2) is 8.42 Å². The van der Waals surface area contributed by atoms with E-state index in [2.05, 4.69) is 16.5 Å². The SMILES string of the molecule is CCCCCCCCCCCCS(=O)(=O)Nc1ccc(N(CCCOCCOCCO)CCOCCOCCOCCO)cc1OC(C)C. The highest BCUT2D eigenvalue weighted by atomic mass is 32.2. The molecule has 0 bridgehead atoms. The number of benzene rings is 1. The molecule has 288 valence electrons. The standard InChI is InChI=1S/C36H68N2O10S/c1-4-5-6-7-8-9-10-11-12-13-31-49(41,42)37-35-16-15-34(32-36(35)48-33(2)3)38(17-14-21-43-25-27-45-23-19-39)18-22-44-26-29-47-30-28-46-24-20-40/h15-16,32-33,37,39-40H,4-14,17-31H2,1-3H3. The average Bonchev–Trinajstić information content (AvgIpc) is 3.07. The first-order valence-electron chi connectivity index (χ1n) is 18.5. The summed E-state index contributed by atoms with van der Waals surface area (Å²) in [5.74, 6) is 0.569. The molecule has 0 aromatic heterocycles. The molecule has 1 aromatic rings. The monoisotopic (exact) mass is 720 g/mol. The highest BCUT2D eigenvalue weighted by Crippen LogP contribution is 2.32. The molecule has 12 nitrogen and oxygen atoms in total. The Morgan fingerprint density at radius 3 is 1.71 bits per heavy atom. The summed E-state index contributed by atoms with van der Waals surface area (Å²) in [5.41, 5.74) is 1.33. The maximum atomic E-state index is 13.0. The molecule has 0 aliphatic heterocycles. The minimum atomic E-state index is -3.53. The number of unbranched alkanes of at least 4 members (excludes halogenated alkanes) is 9. The molecule has 1 rings (SSSR count). The van der Waals surface area contributed by atoms with Crippen LogP contribution in [-0.4, -0.2) is 123 Å². The summed E-state index contributed by atoms with van der Waals surface area (Å²) in [4.78, 5) is 2.17. The molecular formula is C36H68N2O10S. The Kier molecular flexibility index (Phi) is 28.7. The van der Waals surface area contributed by atoms with E-state index in [1.165, 1.54) is 38.5 Å². The summed E-state index contributed by atoms with van der Waals surface area (Å²) in [7, 11) is -3.53. The number of sulfonamides is 1. The summed E-state index contributed by atoms with van der Waals surface area (Å²) >= 11 is 0. The summed E-state index contributed by atoms with van der Waals surface area (Å²) in [6.07, 6.45) is 12.1. The van der Waals surface area contributed by atoms with Gasteiger partial charge in [0.25, 0.3) is 0 Å². The van der Waals surface area contributed by atoms with Gasteiger partial charge in [-0.2, -0.15) is 0 Å². The fourth-order valence-electron chi connectivity index (χ4n) is 5.04. The van der Waals surface area contributed by atoms with Crippen LogP contribution in [0.15, 0.2) is 18.2 Å². The van der Waals surface area contributed by atoms with E-state index in [-0.39, 0.29) is 25.1 Å². The van der Waals surface area contributed by atoms with Crippen molar-refractivity contribution in [2.75, 3.05) is 108 Å². The van der Waals surface area contributed by atoms with Gasteiger partial charge in [-0.15, -0.1) is 0 Å². The summed E-state index contributed by atoms with van der Waals surface area (Å²) in [6.45, 7) is 11.6. The van der Waals surface area contributed by atoms with Crippen LogP contribution in [0.1, 0.15) is 91.4 Å². The van der Waals surface area contributed by atoms with Gasteiger partial charge in [0.15, 0.2) is 0 Å². The predicted molar refractivity (Wildman–Crippen MR) is 197 cm³/mol. The topological polar surface area (TPSA) is 145 Å². The van der Waals surface area contributed by atoms with Gasteiger partial charge < -0.3 is 43.5 Å². The lowest BCUT2D eigenvalue weighted by atomic mass is 10.1. The molecule has 0 spiro atoms. The van der Waals surface area contributed by atoms with Crippen LogP contribution >= 0.6 is 0 Å². The van der Waals surface area contributed by atoms with E-state index in [1.807, 2.05) is 26.0 Å². The van der Waals surface area contributed by atoms with Crippen molar-refractivity contribution in [3.05, 3.63) is 18.2 Å². The van der Waals surface area contributed by atoms with Crippen molar-refractivity contribution in [3.8, 4) is 5.75 Å². The molecule has 0 fully saturated rings. The zero-order valence-electron chi connectivity index (χ0n) is 30.7. The van der Waals surface area contributed by atoms with Crippen molar-refractivity contribution >= 4 is 21.4 Å². The molecule has 0 amide bonds. The van der Waals surface area contributed by atoms with E-state index < -0.39 is 10.0 Å². The number of aliphatic hydroxyl groups is 2. The number of nitrogens with one attached hydrogen (secondary N) is 1. The minimum absolute atomic E-state index is 0.00630. The molecule has 0 aliphatic carbocycles. The number of anilines is 2. The maximum Gasteiger partial charge on any atom is 0.232 e. The van der Waals surface area contributed by atoms with Crippen LogP contribution in [0.3, 0.4) is 0 Å². The zero-order valence-corrected chi connectivity index (χ0v) is 31.5. The van der Waals surface area contributed by atoms with Crippen molar-refractivity contribution in [1.29, 1.82) is 0 Å². The Morgan fingerprint density at radius 2 is 1.16 bits per heavy atom. The number of hydrogen-bond donors (Lipinski definition) is 3. The van der Waals surface area contributed by atoms with Crippen LogP contribution in [0.25, 0.3) is 0 Å². The Balaban J connectivity index is 2.74. The van der Waals surface area contributed by atoms with Gasteiger partial charge in [-0.1, -0.05) is 64.7 Å². The Morgan fingerprint density at radius 1 is 0.653 bits per heavy atom. The van der Waals surface area contributed by atoms with Gasteiger partial charge >= 0.3 is 0 Å². The van der Waals surface area contributed by atoms with Crippen molar-refractivity contribution in [3.63, 3.8) is 0 Å². The average molecular weight is 721 g/mol. The number of aliphatic hydroxyl groups excluding tert-OH is 2. The van der Waals surface area contributed by atoms with Crippen molar-refractivity contribution in [2.45, 2.75) is 97.5 Å². The number of nitrogens with zero attached hydrogens (tertiary/aromatic N) is 1. The van der Waals surface area contributed by atoms with Gasteiger partial charge in [0, 0.05) is 31.5 Å². The first kappa shape index (κ1) is 45.3. The van der Waals surface area contributed by atoms with Gasteiger partial charge in [0.1, 0.15) is 5.75 Å². The maximum absolute atomic E-state index is 13.0. The normalized spacial score (nSPS) is 11.8. The van der Waals surface area contributed by atoms with Crippen LogP contribution in [0, 0.1) is 0 Å². The molecule has 0 aliphatic rings. The smallest absolute Gasteiger partial charge is 0.232 e. The summed E-state index contributed by atoms with van der Waals surface area (Å²) < 4.78 is 62.4. The molecular weight excluding hydrogens is 652 g/mol. The third-order valence-corrected chi connectivity index (χ3v) is 8.89. The highest BCUT2D eigenvalue weighted by Gasteiger charge is 2.17. The molecule has 0 heterocycles. The largest absolute Gasteiger partial charge is 0.489 e. The van der Waals surface area contributed by atoms with Gasteiger partial charge in [0.05, 0.1) is 90.2 Å². The second-order valence-electron chi connectivity index (χ2n) is 12.3. The first-order chi connectivity index (χ1) is 23.8. The number of rotatable bonds is 36. The molecule has 0 unspecified atom stereocenters. The first-order valence-corrected chi connectivity index (χ1v) is 20.1. The quantitative estimate of drug-likeness (QED) is 0.0767. The fraction of sp³-hybridized carbons (Fsp3) is 0.833. The van der Waals surface area contributed by atoms with E-state index >= 15 is 0 Å². The number of ether oxygens (including phenoxy) is 6. The molecule has 0 saturated carbocycles. The molecule has 3 N–H and O–H groups in total. The van der Waals surface area contributed by atoms with Gasteiger partial charge in [0.2, 0.25) is 10.0 Å². The lowest BCUT2D eigenvalue weighted by Crippen LogP contribution is -2.30. The number of hydrogen-bond acceptors (Lipinski definition) is 11. The van der Waals surface area contributed by atoms with E-state index in [4.69, 9.17) is 38.6 Å². The fourth-order valence-corrected chi connectivity index (χ4v) is 6.23. The second-order valence-corrected chi connectivity index (χ2v) is 14.1. The van der Waals surface area contributed by atoms with Crippen LogP contribution in [-0.2, 0) is 33.7 Å². The van der Waals surface area contributed by atoms with Crippen molar-refractivity contribution < 1.29 is 47.1 Å². The Hall–Kier alpha value is -1.71. The molecule has 1 aromatic carbocycles. The van der Waals surface area contributed by atoms with Crippen LogP contribution in [0.5, 0.6) is 5.75 Å². The van der Waals surface area contributed by atoms with Gasteiger partial charge in [-0.05, 0) is 38.8 Å². The molecule has 0 saturated heterocycles. The minimum Gasteiger partial charge on any atom is -0.489 e. The van der Waals surface area contributed by atoms with Gasteiger partial charge in [-0.3, -0.25) is 4.72 Å². The molecule has 13 heteroatoms. The van der Waals surface area contributed by atoms with E-state index in [9.17, 15) is 8.42 Å². The highest BCUT2D eigenvalue weighted by molar-refractivity contribution is 7.92. The van der Waals surface area contributed by atoms with E-state index in [0.29, 0.717) is 97.0 Å². The Bertz CT molecular complexity index is 1000.